The van der Waals surface area contributed by atoms with Crippen LogP contribution < -0.4 is 15.0 Å². The second kappa shape index (κ2) is 10.1. The maximum absolute atomic E-state index is 12.9. The SMILES string of the molecule is CCOc1ccc(C(C)NC(=O)C2CCN(c3ccc(C(F)(F)F)cc3[N+](=O)[O-])CC2)cc1. The Morgan fingerprint density at radius 1 is 1.21 bits per heavy atom. The van der Waals surface area contributed by atoms with E-state index in [0.29, 0.717) is 38.6 Å². The van der Waals surface area contributed by atoms with Crippen LogP contribution in [0, 0.1) is 16.0 Å². The molecule has 33 heavy (non-hydrogen) atoms. The molecule has 0 spiro atoms. The lowest BCUT2D eigenvalue weighted by atomic mass is 9.94. The molecule has 1 N–H and O–H groups in total. The van der Waals surface area contributed by atoms with Crippen LogP contribution >= 0.6 is 0 Å². The minimum absolute atomic E-state index is 0.113. The number of nitrogens with one attached hydrogen (secondary N) is 1. The molecule has 2 aromatic carbocycles. The van der Waals surface area contributed by atoms with Gasteiger partial charge in [0, 0.05) is 25.1 Å². The van der Waals surface area contributed by atoms with Crippen molar-refractivity contribution in [2.75, 3.05) is 24.6 Å². The van der Waals surface area contributed by atoms with E-state index in [1.165, 1.54) is 0 Å². The van der Waals surface area contributed by atoms with E-state index in [-0.39, 0.29) is 23.6 Å². The predicted octanol–water partition coefficient (Wildman–Crippen LogP) is 5.11. The summed E-state index contributed by atoms with van der Waals surface area (Å²) in [5, 5.41) is 14.4. The molecular weight excluding hydrogens is 439 g/mol. The van der Waals surface area contributed by atoms with Crippen molar-refractivity contribution >= 4 is 17.3 Å². The van der Waals surface area contributed by atoms with E-state index in [4.69, 9.17) is 4.74 Å². The molecule has 7 nitrogen and oxygen atoms in total. The van der Waals surface area contributed by atoms with Crippen LogP contribution in [0.1, 0.15) is 43.9 Å². The average molecular weight is 465 g/mol. The van der Waals surface area contributed by atoms with Gasteiger partial charge in [-0.15, -0.1) is 0 Å². The number of nitrogens with zero attached hydrogens (tertiary/aromatic N) is 2. The highest BCUT2D eigenvalue weighted by molar-refractivity contribution is 5.79. The number of ether oxygens (including phenoxy) is 1. The van der Waals surface area contributed by atoms with E-state index in [2.05, 4.69) is 5.32 Å². The normalized spacial score (nSPS) is 15.7. The first-order valence-electron chi connectivity index (χ1n) is 10.7. The Kier molecular flexibility index (Phi) is 7.45. The number of alkyl halides is 3. The van der Waals surface area contributed by atoms with Gasteiger partial charge < -0.3 is 15.0 Å². The van der Waals surface area contributed by atoms with Gasteiger partial charge in [0.1, 0.15) is 11.4 Å². The molecule has 0 aliphatic carbocycles. The Labute approximate surface area is 189 Å². The first kappa shape index (κ1) is 24.3. The lowest BCUT2D eigenvalue weighted by molar-refractivity contribution is -0.384. The standard InChI is InChI=1S/C23H26F3N3O4/c1-3-33-19-7-4-16(5-8-19)15(2)27-22(30)17-10-12-28(13-11-17)20-9-6-18(23(24,25)26)14-21(20)29(31)32/h4-9,14-15,17H,3,10-13H2,1-2H3,(H,27,30). The molecule has 1 saturated heterocycles. The zero-order chi connectivity index (χ0) is 24.2. The lowest BCUT2D eigenvalue weighted by Gasteiger charge is -2.33. The van der Waals surface area contributed by atoms with Crippen LogP contribution in [-0.4, -0.2) is 30.5 Å². The number of nitro benzene ring substituents is 1. The van der Waals surface area contributed by atoms with Crippen LogP contribution in [0.25, 0.3) is 0 Å². The third-order valence-corrected chi connectivity index (χ3v) is 5.76. The van der Waals surface area contributed by atoms with Gasteiger partial charge in [-0.2, -0.15) is 13.2 Å². The van der Waals surface area contributed by atoms with Crippen molar-refractivity contribution in [1.82, 2.24) is 5.32 Å². The third-order valence-electron chi connectivity index (χ3n) is 5.76. The Bertz CT molecular complexity index is 987. The zero-order valence-corrected chi connectivity index (χ0v) is 18.4. The highest BCUT2D eigenvalue weighted by Gasteiger charge is 2.35. The number of anilines is 1. The van der Waals surface area contributed by atoms with Crippen molar-refractivity contribution in [3.05, 3.63) is 63.7 Å². The van der Waals surface area contributed by atoms with Gasteiger partial charge in [0.25, 0.3) is 5.69 Å². The van der Waals surface area contributed by atoms with Crippen molar-refractivity contribution in [2.24, 2.45) is 5.92 Å². The molecule has 1 amide bonds. The molecule has 178 valence electrons. The van der Waals surface area contributed by atoms with Crippen molar-refractivity contribution < 1.29 is 27.6 Å². The molecule has 10 heteroatoms. The number of carbonyl (C=O) groups is 1. The Balaban J connectivity index is 1.61. The molecule has 2 aromatic rings. The van der Waals surface area contributed by atoms with Gasteiger partial charge in [-0.3, -0.25) is 14.9 Å². The molecule has 0 bridgehead atoms. The summed E-state index contributed by atoms with van der Waals surface area (Å²) in [5.41, 5.74) is -0.577. The number of carbonyl (C=O) groups excluding carboxylic acids is 1. The summed E-state index contributed by atoms with van der Waals surface area (Å²) in [6, 6.07) is 9.81. The van der Waals surface area contributed by atoms with Gasteiger partial charge >= 0.3 is 6.18 Å². The summed E-state index contributed by atoms with van der Waals surface area (Å²) in [7, 11) is 0. The molecule has 0 aromatic heterocycles. The summed E-state index contributed by atoms with van der Waals surface area (Å²) in [5.74, 6) is 0.363. The summed E-state index contributed by atoms with van der Waals surface area (Å²) >= 11 is 0. The zero-order valence-electron chi connectivity index (χ0n) is 18.4. The highest BCUT2D eigenvalue weighted by atomic mass is 19.4. The smallest absolute Gasteiger partial charge is 0.416 e. The summed E-state index contributed by atoms with van der Waals surface area (Å²) in [4.78, 5) is 25.0. The minimum atomic E-state index is -4.66. The van der Waals surface area contributed by atoms with E-state index in [1.54, 1.807) is 4.90 Å². The number of piperidine rings is 1. The average Bonchev–Trinajstić information content (AvgIpc) is 2.78. The summed E-state index contributed by atoms with van der Waals surface area (Å²) in [6.45, 7) is 5.02. The molecule has 1 fully saturated rings. The molecule has 3 rings (SSSR count). The highest BCUT2D eigenvalue weighted by Crippen LogP contribution is 2.37. The molecule has 0 radical (unpaired) electrons. The van der Waals surface area contributed by atoms with E-state index in [9.17, 15) is 28.1 Å². The molecule has 1 atom stereocenters. The second-order valence-corrected chi connectivity index (χ2v) is 7.95. The first-order chi connectivity index (χ1) is 15.6. The number of halogens is 3. The maximum Gasteiger partial charge on any atom is 0.416 e. The minimum Gasteiger partial charge on any atom is -0.494 e. The van der Waals surface area contributed by atoms with Crippen molar-refractivity contribution in [2.45, 2.75) is 38.9 Å². The first-order valence-corrected chi connectivity index (χ1v) is 10.7. The topological polar surface area (TPSA) is 84.7 Å². The van der Waals surface area contributed by atoms with Crippen LogP contribution in [0.3, 0.4) is 0 Å². The number of benzene rings is 2. The number of amides is 1. The fourth-order valence-electron chi connectivity index (χ4n) is 3.93. The van der Waals surface area contributed by atoms with Gasteiger partial charge in [0.05, 0.1) is 23.1 Å². The number of rotatable bonds is 7. The van der Waals surface area contributed by atoms with Crippen LogP contribution in [0.5, 0.6) is 5.75 Å². The quantitative estimate of drug-likeness (QED) is 0.454. The molecule has 1 aliphatic heterocycles. The van der Waals surface area contributed by atoms with Crippen molar-refractivity contribution in [1.29, 1.82) is 0 Å². The van der Waals surface area contributed by atoms with Crippen molar-refractivity contribution in [3.63, 3.8) is 0 Å². The van der Waals surface area contributed by atoms with Gasteiger partial charge in [-0.05, 0) is 56.5 Å². The third kappa shape index (κ3) is 5.94. The molecule has 1 unspecified atom stereocenters. The van der Waals surface area contributed by atoms with Crippen LogP contribution in [0.4, 0.5) is 24.5 Å². The molecule has 1 heterocycles. The summed E-state index contributed by atoms with van der Waals surface area (Å²) < 4.78 is 44.2. The van der Waals surface area contributed by atoms with E-state index < -0.39 is 22.4 Å². The monoisotopic (exact) mass is 465 g/mol. The van der Waals surface area contributed by atoms with Crippen LogP contribution in [-0.2, 0) is 11.0 Å². The predicted molar refractivity (Wildman–Crippen MR) is 117 cm³/mol. The van der Waals surface area contributed by atoms with E-state index >= 15 is 0 Å². The van der Waals surface area contributed by atoms with Gasteiger partial charge in [0.2, 0.25) is 5.91 Å². The Morgan fingerprint density at radius 3 is 2.39 bits per heavy atom. The Morgan fingerprint density at radius 2 is 1.85 bits per heavy atom. The van der Waals surface area contributed by atoms with Gasteiger partial charge in [-0.25, -0.2) is 0 Å². The molecule has 1 aliphatic rings. The maximum atomic E-state index is 12.9. The number of hydrogen-bond donors (Lipinski definition) is 1. The summed E-state index contributed by atoms with van der Waals surface area (Å²) in [6.07, 6.45) is -3.77. The molecular formula is C23H26F3N3O4. The lowest BCUT2D eigenvalue weighted by Crippen LogP contribution is -2.41. The van der Waals surface area contributed by atoms with Crippen molar-refractivity contribution in [3.8, 4) is 5.75 Å². The van der Waals surface area contributed by atoms with Gasteiger partial charge in [-0.1, -0.05) is 12.1 Å². The van der Waals surface area contributed by atoms with Crippen LogP contribution in [0.2, 0.25) is 0 Å². The van der Waals surface area contributed by atoms with E-state index in [1.807, 2.05) is 38.1 Å². The number of hydrogen-bond acceptors (Lipinski definition) is 5. The van der Waals surface area contributed by atoms with Gasteiger partial charge in [0.15, 0.2) is 0 Å². The molecule has 0 saturated carbocycles. The fraction of sp³-hybridized carbons (Fsp3) is 0.435. The Hall–Kier alpha value is -3.30. The largest absolute Gasteiger partial charge is 0.494 e. The fourth-order valence-corrected chi connectivity index (χ4v) is 3.93. The second-order valence-electron chi connectivity index (χ2n) is 7.95. The van der Waals surface area contributed by atoms with Crippen LogP contribution in [0.15, 0.2) is 42.5 Å². The number of nitro groups is 1. The van der Waals surface area contributed by atoms with E-state index in [0.717, 1.165) is 23.4 Å².